The van der Waals surface area contributed by atoms with Gasteiger partial charge in [0.15, 0.2) is 5.17 Å². The standard InChI is InChI=1S/C21H19N5O2S/c1-13-7-9-15(10-8-13)14(2)25-26-21-24-20(28)18(29-21)11-19(27)23-17-6-4-3-5-16(17)12-22/h3-10,18H,11H2,1-2H3,(H,23,27)(H,24,26,28). The van der Waals surface area contributed by atoms with Gasteiger partial charge >= 0.3 is 0 Å². The number of carbonyl (C=O) groups is 2. The molecule has 29 heavy (non-hydrogen) atoms. The summed E-state index contributed by atoms with van der Waals surface area (Å²) in [6.45, 7) is 3.85. The highest BCUT2D eigenvalue weighted by Gasteiger charge is 2.32. The van der Waals surface area contributed by atoms with Crippen LogP contribution in [0.2, 0.25) is 0 Å². The topological polar surface area (TPSA) is 107 Å². The number of anilines is 1. The Hall–Kier alpha value is -3.44. The molecule has 1 heterocycles. The molecule has 1 unspecified atom stereocenters. The van der Waals surface area contributed by atoms with Crippen molar-refractivity contribution in [3.63, 3.8) is 0 Å². The quantitative estimate of drug-likeness (QED) is 0.588. The number of amidine groups is 1. The maximum Gasteiger partial charge on any atom is 0.240 e. The average molecular weight is 405 g/mol. The van der Waals surface area contributed by atoms with Crippen LogP contribution in [0.3, 0.4) is 0 Å². The van der Waals surface area contributed by atoms with E-state index in [0.29, 0.717) is 16.4 Å². The number of rotatable bonds is 5. The lowest BCUT2D eigenvalue weighted by Gasteiger charge is -2.08. The summed E-state index contributed by atoms with van der Waals surface area (Å²) in [5.41, 5.74) is 3.62. The van der Waals surface area contributed by atoms with Crippen LogP contribution < -0.4 is 10.6 Å². The Morgan fingerprint density at radius 2 is 1.97 bits per heavy atom. The van der Waals surface area contributed by atoms with E-state index in [-0.39, 0.29) is 18.2 Å². The Bertz CT molecular complexity index is 1040. The normalized spacial score (nSPS) is 17.7. The van der Waals surface area contributed by atoms with E-state index >= 15 is 0 Å². The number of nitrogens with one attached hydrogen (secondary N) is 2. The van der Waals surface area contributed by atoms with Gasteiger partial charge in [0.05, 0.1) is 17.0 Å². The summed E-state index contributed by atoms with van der Waals surface area (Å²) in [4.78, 5) is 24.4. The van der Waals surface area contributed by atoms with Gasteiger partial charge in [-0.2, -0.15) is 10.4 Å². The molecule has 146 valence electrons. The predicted molar refractivity (Wildman–Crippen MR) is 115 cm³/mol. The molecule has 0 spiro atoms. The van der Waals surface area contributed by atoms with Crippen LogP contribution in [0.25, 0.3) is 0 Å². The summed E-state index contributed by atoms with van der Waals surface area (Å²) in [7, 11) is 0. The van der Waals surface area contributed by atoms with Gasteiger partial charge in [0, 0.05) is 6.42 Å². The first-order valence-electron chi connectivity index (χ1n) is 8.92. The van der Waals surface area contributed by atoms with Crippen LogP contribution in [-0.4, -0.2) is 27.9 Å². The number of amides is 2. The van der Waals surface area contributed by atoms with Gasteiger partial charge in [0.2, 0.25) is 11.8 Å². The number of hydrogen-bond acceptors (Lipinski definition) is 6. The number of aryl methyl sites for hydroxylation is 1. The lowest BCUT2D eigenvalue weighted by molar-refractivity contribution is -0.122. The molecule has 1 fully saturated rings. The van der Waals surface area contributed by atoms with E-state index < -0.39 is 5.25 Å². The van der Waals surface area contributed by atoms with E-state index in [0.717, 1.165) is 28.6 Å². The number of hydrogen-bond donors (Lipinski definition) is 2. The van der Waals surface area contributed by atoms with Gasteiger partial charge in [0.1, 0.15) is 11.3 Å². The minimum Gasteiger partial charge on any atom is -0.325 e. The van der Waals surface area contributed by atoms with Crippen molar-refractivity contribution in [2.24, 2.45) is 10.2 Å². The Balaban J connectivity index is 1.61. The number of thioether (sulfide) groups is 1. The molecule has 0 aromatic heterocycles. The number of nitrogens with zero attached hydrogens (tertiary/aromatic N) is 3. The van der Waals surface area contributed by atoms with Crippen molar-refractivity contribution in [1.29, 1.82) is 5.26 Å². The Morgan fingerprint density at radius 1 is 1.24 bits per heavy atom. The summed E-state index contributed by atoms with van der Waals surface area (Å²) >= 11 is 1.16. The summed E-state index contributed by atoms with van der Waals surface area (Å²) in [5.74, 6) is -0.637. The van der Waals surface area contributed by atoms with E-state index in [2.05, 4.69) is 20.8 Å². The fourth-order valence-electron chi connectivity index (χ4n) is 2.62. The van der Waals surface area contributed by atoms with Crippen molar-refractivity contribution in [1.82, 2.24) is 5.32 Å². The molecule has 0 aliphatic carbocycles. The zero-order chi connectivity index (χ0) is 20.8. The largest absolute Gasteiger partial charge is 0.325 e. The summed E-state index contributed by atoms with van der Waals surface area (Å²) in [6.07, 6.45) is -0.0318. The number of para-hydroxylation sites is 1. The molecule has 3 rings (SSSR count). The molecule has 1 saturated heterocycles. The third-order valence-electron chi connectivity index (χ3n) is 4.23. The molecule has 1 aliphatic rings. The zero-order valence-corrected chi connectivity index (χ0v) is 16.8. The molecule has 2 N–H and O–H groups in total. The van der Waals surface area contributed by atoms with Gasteiger partial charge in [-0.25, -0.2) is 0 Å². The molecular formula is C21H19N5O2S. The third kappa shape index (κ3) is 5.30. The van der Waals surface area contributed by atoms with E-state index in [4.69, 9.17) is 5.26 Å². The summed E-state index contributed by atoms with van der Waals surface area (Å²) < 4.78 is 0. The molecule has 0 bridgehead atoms. The van der Waals surface area contributed by atoms with Crippen LogP contribution in [0.1, 0.15) is 30.0 Å². The van der Waals surface area contributed by atoms with Crippen LogP contribution in [0.4, 0.5) is 5.69 Å². The van der Waals surface area contributed by atoms with Crippen LogP contribution >= 0.6 is 11.8 Å². The van der Waals surface area contributed by atoms with Crippen molar-refractivity contribution in [3.05, 3.63) is 65.2 Å². The molecule has 2 aromatic rings. The monoisotopic (exact) mass is 405 g/mol. The SMILES string of the molecule is CC(=NN=C1NC(=O)C(CC(=O)Nc2ccccc2C#N)S1)c1ccc(C)cc1. The summed E-state index contributed by atoms with van der Waals surface area (Å²) in [6, 6.07) is 16.6. The van der Waals surface area contributed by atoms with E-state index in [1.54, 1.807) is 24.3 Å². The first-order chi connectivity index (χ1) is 14.0. The van der Waals surface area contributed by atoms with Crippen LogP contribution in [-0.2, 0) is 9.59 Å². The predicted octanol–water partition coefficient (Wildman–Crippen LogP) is 3.21. The Morgan fingerprint density at radius 3 is 2.69 bits per heavy atom. The first kappa shape index (κ1) is 20.3. The summed E-state index contributed by atoms with van der Waals surface area (Å²) in [5, 5.41) is 22.5. The molecule has 2 aromatic carbocycles. The van der Waals surface area contributed by atoms with Gasteiger partial charge in [-0.15, -0.1) is 5.10 Å². The number of nitriles is 1. The van der Waals surface area contributed by atoms with Gasteiger partial charge < -0.3 is 10.6 Å². The fraction of sp³-hybridized carbons (Fsp3) is 0.190. The maximum atomic E-state index is 12.3. The molecule has 7 nitrogen and oxygen atoms in total. The van der Waals surface area contributed by atoms with Crippen LogP contribution in [0.15, 0.2) is 58.7 Å². The van der Waals surface area contributed by atoms with Crippen molar-refractivity contribution < 1.29 is 9.59 Å². The van der Waals surface area contributed by atoms with E-state index in [1.165, 1.54) is 0 Å². The highest BCUT2D eigenvalue weighted by Crippen LogP contribution is 2.23. The Kier molecular flexibility index (Phi) is 6.42. The van der Waals surface area contributed by atoms with Crippen LogP contribution in [0, 0.1) is 18.3 Å². The van der Waals surface area contributed by atoms with E-state index in [9.17, 15) is 9.59 Å². The van der Waals surface area contributed by atoms with Gasteiger partial charge in [0.25, 0.3) is 0 Å². The lowest BCUT2D eigenvalue weighted by atomic mass is 10.1. The molecule has 8 heteroatoms. The number of benzene rings is 2. The third-order valence-corrected chi connectivity index (χ3v) is 5.30. The van der Waals surface area contributed by atoms with E-state index in [1.807, 2.05) is 44.2 Å². The molecule has 0 radical (unpaired) electrons. The fourth-order valence-corrected chi connectivity index (χ4v) is 3.54. The minimum atomic E-state index is -0.599. The molecule has 0 saturated carbocycles. The second kappa shape index (κ2) is 9.17. The zero-order valence-electron chi connectivity index (χ0n) is 16.0. The second-order valence-corrected chi connectivity index (χ2v) is 7.65. The first-order valence-corrected chi connectivity index (χ1v) is 9.80. The number of carbonyl (C=O) groups excluding carboxylic acids is 2. The van der Waals surface area contributed by atoms with Gasteiger partial charge in [-0.1, -0.05) is 53.7 Å². The average Bonchev–Trinajstić information content (AvgIpc) is 3.06. The highest BCUT2D eigenvalue weighted by molar-refractivity contribution is 8.15. The molecular weight excluding hydrogens is 386 g/mol. The van der Waals surface area contributed by atoms with Crippen molar-refractivity contribution >= 4 is 40.1 Å². The highest BCUT2D eigenvalue weighted by atomic mass is 32.2. The smallest absolute Gasteiger partial charge is 0.240 e. The molecule has 1 aliphatic heterocycles. The van der Waals surface area contributed by atoms with Crippen molar-refractivity contribution in [2.45, 2.75) is 25.5 Å². The lowest BCUT2D eigenvalue weighted by Crippen LogP contribution is -2.28. The second-order valence-electron chi connectivity index (χ2n) is 6.46. The molecule has 1 atom stereocenters. The van der Waals surface area contributed by atoms with Gasteiger partial charge in [-0.3, -0.25) is 9.59 Å². The van der Waals surface area contributed by atoms with Crippen LogP contribution in [0.5, 0.6) is 0 Å². The molecule has 2 amide bonds. The minimum absolute atomic E-state index is 0.0318. The van der Waals surface area contributed by atoms with Gasteiger partial charge in [-0.05, 0) is 31.5 Å². The van der Waals surface area contributed by atoms with Crippen molar-refractivity contribution in [2.75, 3.05) is 5.32 Å². The van der Waals surface area contributed by atoms with Crippen molar-refractivity contribution in [3.8, 4) is 6.07 Å². The Labute approximate surface area is 172 Å². The maximum absolute atomic E-state index is 12.3.